The Kier molecular flexibility index (Phi) is 9.37. The first kappa shape index (κ1) is 22.3. The van der Waals surface area contributed by atoms with Crippen molar-refractivity contribution in [1.29, 1.82) is 0 Å². The number of ether oxygens (including phenoxy) is 4. The Morgan fingerprint density at radius 1 is 1.29 bits per heavy atom. The van der Waals surface area contributed by atoms with Crippen molar-refractivity contribution in [3.05, 3.63) is 23.3 Å². The third-order valence-corrected chi connectivity index (χ3v) is 4.95. The van der Waals surface area contributed by atoms with Crippen molar-refractivity contribution in [1.82, 2.24) is 10.2 Å². The molecule has 0 saturated carbocycles. The predicted molar refractivity (Wildman–Crippen MR) is 111 cm³/mol. The van der Waals surface area contributed by atoms with E-state index in [1.165, 1.54) is 5.56 Å². The minimum absolute atomic E-state index is 0.566. The lowest BCUT2D eigenvalue weighted by molar-refractivity contribution is 0.0887. The van der Waals surface area contributed by atoms with Gasteiger partial charge in [-0.15, -0.1) is 0 Å². The van der Waals surface area contributed by atoms with Crippen LogP contribution in [0.25, 0.3) is 0 Å². The molecule has 0 aliphatic carbocycles. The summed E-state index contributed by atoms with van der Waals surface area (Å²) in [6.45, 7) is 6.89. The standard InChI is InChI=1S/C21H35N3O4/c1-16-11-19(25-4)20(26-5)12-18(16)13-24(3)21(22-2)23-8-6-9-27-14-17-7-10-28-15-17/h11-12,17H,6-10,13-15H2,1-5H3,(H,22,23). The number of rotatable bonds is 10. The Morgan fingerprint density at radius 3 is 2.68 bits per heavy atom. The number of guanidine groups is 1. The van der Waals surface area contributed by atoms with Crippen molar-refractivity contribution in [2.75, 3.05) is 61.3 Å². The molecule has 1 heterocycles. The van der Waals surface area contributed by atoms with Gasteiger partial charge in [-0.25, -0.2) is 0 Å². The lowest BCUT2D eigenvalue weighted by Gasteiger charge is -2.23. The highest BCUT2D eigenvalue weighted by atomic mass is 16.5. The second-order valence-electron chi connectivity index (χ2n) is 7.12. The molecule has 1 fully saturated rings. The summed E-state index contributed by atoms with van der Waals surface area (Å²) in [5, 5.41) is 3.40. The van der Waals surface area contributed by atoms with Gasteiger partial charge in [0, 0.05) is 46.3 Å². The molecule has 1 aliphatic rings. The topological polar surface area (TPSA) is 64.6 Å². The zero-order chi connectivity index (χ0) is 20.4. The third kappa shape index (κ3) is 6.56. The van der Waals surface area contributed by atoms with E-state index in [-0.39, 0.29) is 0 Å². The molecule has 1 atom stereocenters. The molecule has 0 radical (unpaired) electrons. The maximum Gasteiger partial charge on any atom is 0.193 e. The third-order valence-electron chi connectivity index (χ3n) is 4.95. The Labute approximate surface area is 169 Å². The molecular weight excluding hydrogens is 358 g/mol. The van der Waals surface area contributed by atoms with Crippen LogP contribution in [0.3, 0.4) is 0 Å². The van der Waals surface area contributed by atoms with E-state index in [4.69, 9.17) is 18.9 Å². The average Bonchev–Trinajstić information content (AvgIpc) is 3.22. The zero-order valence-corrected chi connectivity index (χ0v) is 17.9. The minimum Gasteiger partial charge on any atom is -0.493 e. The van der Waals surface area contributed by atoms with Crippen molar-refractivity contribution < 1.29 is 18.9 Å². The summed E-state index contributed by atoms with van der Waals surface area (Å²) in [6.07, 6.45) is 2.06. The van der Waals surface area contributed by atoms with Crippen LogP contribution in [0.1, 0.15) is 24.0 Å². The normalized spacial score (nSPS) is 16.9. The first-order valence-corrected chi connectivity index (χ1v) is 9.87. The first-order chi connectivity index (χ1) is 13.6. The minimum atomic E-state index is 0.566. The lowest BCUT2D eigenvalue weighted by Crippen LogP contribution is -2.39. The van der Waals surface area contributed by atoms with Crippen molar-refractivity contribution >= 4 is 5.96 Å². The fourth-order valence-electron chi connectivity index (χ4n) is 3.25. The van der Waals surface area contributed by atoms with E-state index in [1.54, 1.807) is 21.3 Å². The van der Waals surface area contributed by atoms with Gasteiger partial charge in [0.25, 0.3) is 0 Å². The molecule has 1 saturated heterocycles. The Balaban J connectivity index is 1.77. The van der Waals surface area contributed by atoms with Gasteiger partial charge in [0.1, 0.15) is 0 Å². The Bertz CT molecular complexity index is 630. The van der Waals surface area contributed by atoms with Gasteiger partial charge >= 0.3 is 0 Å². The van der Waals surface area contributed by atoms with Crippen molar-refractivity contribution in [3.8, 4) is 11.5 Å². The molecule has 0 bridgehead atoms. The molecule has 1 N–H and O–H groups in total. The molecule has 158 valence electrons. The maximum atomic E-state index is 5.75. The fraction of sp³-hybridized carbons (Fsp3) is 0.667. The predicted octanol–water partition coefficient (Wildman–Crippen LogP) is 2.46. The highest BCUT2D eigenvalue weighted by Gasteiger charge is 2.15. The summed E-state index contributed by atoms with van der Waals surface area (Å²) in [5.74, 6) is 2.91. The van der Waals surface area contributed by atoms with Crippen LogP contribution in [0.5, 0.6) is 11.5 Å². The summed E-state index contributed by atoms with van der Waals surface area (Å²) in [6, 6.07) is 4.03. The van der Waals surface area contributed by atoms with E-state index in [2.05, 4.69) is 22.1 Å². The Morgan fingerprint density at radius 2 is 2.04 bits per heavy atom. The van der Waals surface area contributed by atoms with Crippen LogP contribution in [-0.4, -0.2) is 72.1 Å². The highest BCUT2D eigenvalue weighted by Crippen LogP contribution is 2.30. The second kappa shape index (κ2) is 11.8. The molecule has 2 rings (SSSR count). The zero-order valence-electron chi connectivity index (χ0n) is 17.9. The largest absolute Gasteiger partial charge is 0.493 e. The summed E-state index contributed by atoms with van der Waals surface area (Å²) < 4.78 is 21.9. The molecule has 1 aromatic carbocycles. The van der Waals surface area contributed by atoms with Gasteiger partial charge in [0.15, 0.2) is 17.5 Å². The van der Waals surface area contributed by atoms with E-state index in [9.17, 15) is 0 Å². The quantitative estimate of drug-likeness (QED) is 0.374. The van der Waals surface area contributed by atoms with Gasteiger partial charge in [-0.1, -0.05) is 0 Å². The highest BCUT2D eigenvalue weighted by molar-refractivity contribution is 5.79. The van der Waals surface area contributed by atoms with E-state index in [1.807, 2.05) is 19.2 Å². The van der Waals surface area contributed by atoms with Crippen molar-refractivity contribution in [2.24, 2.45) is 10.9 Å². The monoisotopic (exact) mass is 393 g/mol. The number of aliphatic imine (C=N–C) groups is 1. The lowest BCUT2D eigenvalue weighted by atomic mass is 10.1. The molecule has 28 heavy (non-hydrogen) atoms. The number of hydrogen-bond donors (Lipinski definition) is 1. The summed E-state index contributed by atoms with van der Waals surface area (Å²) >= 11 is 0. The van der Waals surface area contributed by atoms with Crippen LogP contribution in [-0.2, 0) is 16.0 Å². The molecule has 0 aromatic heterocycles. The number of nitrogens with zero attached hydrogens (tertiary/aromatic N) is 2. The number of nitrogens with one attached hydrogen (secondary N) is 1. The van der Waals surface area contributed by atoms with Crippen LogP contribution < -0.4 is 14.8 Å². The molecule has 0 spiro atoms. The SMILES string of the molecule is CN=C(NCCCOCC1CCOC1)N(C)Cc1cc(OC)c(OC)cc1C. The second-order valence-corrected chi connectivity index (χ2v) is 7.12. The molecular formula is C21H35N3O4. The average molecular weight is 394 g/mol. The van der Waals surface area contributed by atoms with Gasteiger partial charge in [-0.05, 0) is 43.0 Å². The fourth-order valence-corrected chi connectivity index (χ4v) is 3.25. The number of aryl methyl sites for hydroxylation is 1. The van der Waals surface area contributed by atoms with E-state index in [0.29, 0.717) is 5.92 Å². The molecule has 1 aliphatic heterocycles. The molecule has 1 unspecified atom stereocenters. The number of benzene rings is 1. The van der Waals surface area contributed by atoms with Crippen LogP contribution in [0.15, 0.2) is 17.1 Å². The van der Waals surface area contributed by atoms with E-state index >= 15 is 0 Å². The summed E-state index contributed by atoms with van der Waals surface area (Å²) in [5.41, 5.74) is 2.33. The van der Waals surface area contributed by atoms with Crippen molar-refractivity contribution in [3.63, 3.8) is 0 Å². The molecule has 0 amide bonds. The van der Waals surface area contributed by atoms with Gasteiger partial charge in [-0.3, -0.25) is 4.99 Å². The number of methoxy groups -OCH3 is 2. The molecule has 1 aromatic rings. The Hall–Kier alpha value is -1.99. The summed E-state index contributed by atoms with van der Waals surface area (Å²) in [7, 11) is 7.14. The van der Waals surface area contributed by atoms with E-state index in [0.717, 1.165) is 75.4 Å². The van der Waals surface area contributed by atoms with Gasteiger partial charge in [-0.2, -0.15) is 0 Å². The van der Waals surface area contributed by atoms with Crippen LogP contribution in [0.2, 0.25) is 0 Å². The van der Waals surface area contributed by atoms with Gasteiger partial charge in [0.2, 0.25) is 0 Å². The molecule has 7 heteroatoms. The maximum absolute atomic E-state index is 5.75. The molecule has 7 nitrogen and oxygen atoms in total. The van der Waals surface area contributed by atoms with Crippen molar-refractivity contribution in [2.45, 2.75) is 26.3 Å². The number of hydrogen-bond acceptors (Lipinski definition) is 5. The van der Waals surface area contributed by atoms with Crippen LogP contribution in [0, 0.1) is 12.8 Å². The summed E-state index contributed by atoms with van der Waals surface area (Å²) in [4.78, 5) is 6.49. The van der Waals surface area contributed by atoms with Gasteiger partial charge < -0.3 is 29.2 Å². The van der Waals surface area contributed by atoms with Crippen LogP contribution in [0.4, 0.5) is 0 Å². The first-order valence-electron chi connectivity index (χ1n) is 9.87. The smallest absolute Gasteiger partial charge is 0.193 e. The van der Waals surface area contributed by atoms with Gasteiger partial charge in [0.05, 0.1) is 27.4 Å². The van der Waals surface area contributed by atoms with Crippen LogP contribution >= 0.6 is 0 Å². The van der Waals surface area contributed by atoms with E-state index < -0.39 is 0 Å².